The maximum Gasteiger partial charge on any atom is 0.132 e. The fourth-order valence-corrected chi connectivity index (χ4v) is 2.44. The van der Waals surface area contributed by atoms with E-state index in [1.807, 2.05) is 35.7 Å². The lowest BCUT2D eigenvalue weighted by molar-refractivity contribution is -0.107. The van der Waals surface area contributed by atoms with Gasteiger partial charge in [-0.25, -0.2) is 14.8 Å². The first-order valence-corrected chi connectivity index (χ1v) is 7.54. The topological polar surface area (TPSA) is 63.2 Å². The van der Waals surface area contributed by atoms with Gasteiger partial charge in [0.2, 0.25) is 0 Å². The number of thiazole rings is 2. The summed E-state index contributed by atoms with van der Waals surface area (Å²) in [6.45, 7) is 0.594. The van der Waals surface area contributed by atoms with Crippen molar-refractivity contribution in [2.45, 2.75) is 6.42 Å². The average molecular weight is 309 g/mol. The van der Waals surface area contributed by atoms with Gasteiger partial charge in [-0.15, -0.1) is 22.7 Å². The van der Waals surface area contributed by atoms with Crippen molar-refractivity contribution >= 4 is 40.5 Å². The van der Waals surface area contributed by atoms with Gasteiger partial charge >= 0.3 is 0 Å². The first-order chi connectivity index (χ1) is 9.67. The van der Waals surface area contributed by atoms with Crippen LogP contribution < -0.4 is 0 Å². The highest BCUT2D eigenvalue weighted by Gasteiger charge is 2.05. The van der Waals surface area contributed by atoms with Crippen LogP contribution in [0.1, 0.15) is 10.0 Å². The van der Waals surface area contributed by atoms with Crippen molar-refractivity contribution in [3.8, 4) is 0 Å². The third-order valence-electron chi connectivity index (χ3n) is 2.03. The third kappa shape index (κ3) is 5.99. The molecule has 20 heavy (non-hydrogen) atoms. The Bertz CT molecular complexity index is 544. The van der Waals surface area contributed by atoms with Crippen molar-refractivity contribution in [2.24, 2.45) is 0 Å². The predicted molar refractivity (Wildman–Crippen MR) is 81.7 cm³/mol. The highest BCUT2D eigenvalue weighted by atomic mass is 32.1. The molecule has 0 aromatic carbocycles. The zero-order chi connectivity index (χ0) is 14.8. The number of aldehydes is 1. The van der Waals surface area contributed by atoms with Crippen LogP contribution in [0.4, 0.5) is 0 Å². The molecule has 0 aliphatic rings. The molecule has 106 valence electrons. The molecule has 7 heteroatoms. The Morgan fingerprint density at radius 1 is 1.30 bits per heavy atom. The van der Waals surface area contributed by atoms with Crippen molar-refractivity contribution < 1.29 is 9.59 Å². The van der Waals surface area contributed by atoms with Crippen molar-refractivity contribution in [2.75, 3.05) is 20.6 Å². The largest absolute Gasteiger partial charge is 0.304 e. The molecule has 0 bridgehead atoms. The van der Waals surface area contributed by atoms with E-state index in [0.717, 1.165) is 16.3 Å². The molecular weight excluding hydrogens is 294 g/mol. The van der Waals surface area contributed by atoms with E-state index in [-0.39, 0.29) is 0 Å². The third-order valence-corrected chi connectivity index (χ3v) is 3.66. The van der Waals surface area contributed by atoms with E-state index in [0.29, 0.717) is 18.5 Å². The Balaban J connectivity index is 0.000000217. The summed E-state index contributed by atoms with van der Waals surface area (Å²) >= 11 is 2.97. The molecule has 0 aliphatic carbocycles. The van der Waals surface area contributed by atoms with Crippen LogP contribution in [0, 0.1) is 0 Å². The number of carbonyl (C=O) groups is 1. The fraction of sp³-hybridized carbons (Fsp3) is 0.308. The molecule has 2 heterocycles. The molecule has 0 fully saturated rings. The maximum absolute atomic E-state index is 10.5. The molecule has 5 nitrogen and oxygen atoms in total. The molecule has 2 aromatic heterocycles. The molecule has 0 amide bonds. The number of hydrogen-bond donors (Lipinski definition) is 0. The summed E-state index contributed by atoms with van der Waals surface area (Å²) in [6, 6.07) is 0. The summed E-state index contributed by atoms with van der Waals surface area (Å²) in [5.41, 5.74) is 0.620. The molecule has 0 aliphatic heterocycles. The van der Waals surface area contributed by atoms with Gasteiger partial charge in [0.05, 0.1) is 17.0 Å². The Labute approximate surface area is 125 Å². The van der Waals surface area contributed by atoms with Crippen LogP contribution >= 0.6 is 22.7 Å². The first kappa shape index (κ1) is 16.4. The lowest BCUT2D eigenvalue weighted by atomic mass is 10.3. The minimum absolute atomic E-state index is 0.456. The number of hydrogen-bond acceptors (Lipinski definition) is 7. The highest BCUT2D eigenvalue weighted by molar-refractivity contribution is 7.10. The molecule has 0 atom stereocenters. The lowest BCUT2D eigenvalue weighted by Gasteiger charge is -2.07. The van der Waals surface area contributed by atoms with Crippen LogP contribution in [0.5, 0.6) is 0 Å². The second-order valence-electron chi connectivity index (χ2n) is 3.95. The van der Waals surface area contributed by atoms with E-state index in [2.05, 4.69) is 9.97 Å². The summed E-state index contributed by atoms with van der Waals surface area (Å²) in [7, 11) is 3.82. The minimum Gasteiger partial charge on any atom is -0.304 e. The van der Waals surface area contributed by atoms with Crippen LogP contribution in [0.2, 0.25) is 0 Å². The molecule has 0 saturated carbocycles. The first-order valence-electron chi connectivity index (χ1n) is 5.78. The van der Waals surface area contributed by atoms with Gasteiger partial charge in [-0.3, -0.25) is 0 Å². The minimum atomic E-state index is 0.456. The zero-order valence-electron chi connectivity index (χ0n) is 11.3. The smallest absolute Gasteiger partial charge is 0.132 e. The van der Waals surface area contributed by atoms with Gasteiger partial charge in [0, 0.05) is 29.7 Å². The summed E-state index contributed by atoms with van der Waals surface area (Å²) < 4.78 is 0. The summed E-state index contributed by atoms with van der Waals surface area (Å²) in [4.78, 5) is 30.2. The summed E-state index contributed by atoms with van der Waals surface area (Å²) in [5, 5.41) is 5.36. The van der Waals surface area contributed by atoms with E-state index >= 15 is 0 Å². The van der Waals surface area contributed by atoms with Crippen molar-refractivity contribution in [3.05, 3.63) is 33.2 Å². The standard InChI is InChI=1S/C8H10N2OS.C5H5NOS/c1-10(2)5-7(6-11)8-9-3-4-12-8;7-3-1-5-6-2-4-8-5/h3-4H,5H2,1-2H3;2-4H,1H2. The number of aromatic nitrogens is 2. The number of nitrogens with zero attached hydrogens (tertiary/aromatic N) is 3. The Kier molecular flexibility index (Phi) is 7.60. The SMILES string of the molecule is CN(C)CC(=C=O)c1nccs1.O=CCc1nccs1. The second kappa shape index (κ2) is 9.28. The molecular formula is C13H15N3O2S2. The van der Waals surface area contributed by atoms with Crippen LogP contribution in [0.3, 0.4) is 0 Å². The monoisotopic (exact) mass is 309 g/mol. The molecule has 0 saturated heterocycles. The average Bonchev–Trinajstić information content (AvgIpc) is 3.09. The van der Waals surface area contributed by atoms with E-state index in [4.69, 9.17) is 0 Å². The van der Waals surface area contributed by atoms with Crippen molar-refractivity contribution in [3.63, 3.8) is 0 Å². The van der Waals surface area contributed by atoms with Gasteiger partial charge in [-0.1, -0.05) is 0 Å². The van der Waals surface area contributed by atoms with E-state index in [9.17, 15) is 9.59 Å². The van der Waals surface area contributed by atoms with Crippen LogP contribution in [-0.2, 0) is 16.0 Å². The lowest BCUT2D eigenvalue weighted by Crippen LogP contribution is -2.14. The summed E-state index contributed by atoms with van der Waals surface area (Å²) in [6.07, 6.45) is 4.70. The van der Waals surface area contributed by atoms with Gasteiger partial charge in [0.15, 0.2) is 0 Å². The Morgan fingerprint density at radius 3 is 2.45 bits per heavy atom. The van der Waals surface area contributed by atoms with Gasteiger partial charge < -0.3 is 9.69 Å². The molecule has 2 aromatic rings. The van der Waals surface area contributed by atoms with Gasteiger partial charge in [-0.05, 0) is 14.1 Å². The predicted octanol–water partition coefficient (Wildman–Crippen LogP) is 1.80. The molecule has 0 unspecified atom stereocenters. The number of rotatable bonds is 5. The second-order valence-corrected chi connectivity index (χ2v) is 5.83. The number of carbonyl (C=O) groups excluding carboxylic acids is 2. The zero-order valence-corrected chi connectivity index (χ0v) is 12.9. The van der Waals surface area contributed by atoms with Crippen molar-refractivity contribution in [1.29, 1.82) is 0 Å². The molecule has 2 rings (SSSR count). The quantitative estimate of drug-likeness (QED) is 0.622. The van der Waals surface area contributed by atoms with Gasteiger partial charge in [-0.2, -0.15) is 0 Å². The summed E-state index contributed by atoms with van der Waals surface area (Å²) in [5.74, 6) is 1.91. The Hall–Kier alpha value is -1.66. The van der Waals surface area contributed by atoms with E-state index in [1.54, 1.807) is 12.4 Å². The highest BCUT2D eigenvalue weighted by Crippen LogP contribution is 2.14. The Morgan fingerprint density at radius 2 is 2.00 bits per heavy atom. The normalized spacial score (nSPS) is 9.55. The van der Waals surface area contributed by atoms with E-state index in [1.165, 1.54) is 22.7 Å². The molecule has 0 radical (unpaired) electrons. The fourth-order valence-electron chi connectivity index (χ4n) is 1.26. The van der Waals surface area contributed by atoms with Crippen molar-refractivity contribution in [1.82, 2.24) is 14.9 Å². The van der Waals surface area contributed by atoms with Crippen LogP contribution in [-0.4, -0.2) is 47.7 Å². The number of likely N-dealkylation sites (N-methyl/N-ethyl adjacent to an activating group) is 1. The maximum atomic E-state index is 10.5. The molecule has 0 N–H and O–H groups in total. The van der Waals surface area contributed by atoms with Gasteiger partial charge in [0.1, 0.15) is 17.2 Å². The van der Waals surface area contributed by atoms with E-state index < -0.39 is 0 Å². The van der Waals surface area contributed by atoms with Crippen LogP contribution in [0.25, 0.3) is 5.57 Å². The van der Waals surface area contributed by atoms with Gasteiger partial charge in [0.25, 0.3) is 0 Å². The van der Waals surface area contributed by atoms with Crippen LogP contribution in [0.15, 0.2) is 23.2 Å². The molecule has 0 spiro atoms.